The lowest BCUT2D eigenvalue weighted by Crippen LogP contribution is -2.56. The van der Waals surface area contributed by atoms with Crippen molar-refractivity contribution in [3.63, 3.8) is 0 Å². The highest BCUT2D eigenvalue weighted by molar-refractivity contribution is 6.18. The topological polar surface area (TPSA) is 55.8 Å². The van der Waals surface area contributed by atoms with Crippen LogP contribution in [0.5, 0.6) is 0 Å². The molecule has 5 heteroatoms. The van der Waals surface area contributed by atoms with Gasteiger partial charge in [0.1, 0.15) is 11.7 Å². The average molecular weight is 399 g/mol. The number of hydrogen-bond acceptors (Lipinski definition) is 4. The van der Waals surface area contributed by atoms with Crippen LogP contribution < -0.4 is 0 Å². The smallest absolute Gasteiger partial charge is 0.303 e. The Hall–Kier alpha value is -0.840. The first kappa shape index (κ1) is 22.4. The van der Waals surface area contributed by atoms with E-state index in [1.54, 1.807) is 6.92 Å². The van der Waals surface area contributed by atoms with Gasteiger partial charge in [0, 0.05) is 12.8 Å². The van der Waals surface area contributed by atoms with Gasteiger partial charge in [0.15, 0.2) is 0 Å². The molecule has 2 bridgehead atoms. The molecule has 0 aromatic heterocycles. The highest BCUT2D eigenvalue weighted by Crippen LogP contribution is 2.43. The van der Waals surface area contributed by atoms with Gasteiger partial charge in [-0.05, 0) is 66.2 Å². The maximum atomic E-state index is 11.7. The van der Waals surface area contributed by atoms with E-state index in [1.165, 1.54) is 18.1 Å². The number of aliphatic hydroxyl groups is 1. The Kier molecular flexibility index (Phi) is 7.57. The Bertz CT molecular complexity index is 595. The Balaban J connectivity index is 2.40. The van der Waals surface area contributed by atoms with E-state index in [-0.39, 0.29) is 30.0 Å². The molecule has 2 heterocycles. The van der Waals surface area contributed by atoms with Gasteiger partial charge in [-0.3, -0.25) is 4.79 Å². The van der Waals surface area contributed by atoms with Crippen LogP contribution in [0, 0.1) is 5.92 Å². The van der Waals surface area contributed by atoms with E-state index in [1.807, 2.05) is 6.92 Å². The summed E-state index contributed by atoms with van der Waals surface area (Å²) in [6.45, 7) is 9.52. The van der Waals surface area contributed by atoms with E-state index in [4.69, 9.17) is 21.1 Å². The largest absolute Gasteiger partial charge is 0.459 e. The SMILES string of the molecule is CC(=O)O[C@H]1CC/C(C)=C/CC/C(C)=C/[C@H]2O[C@]1(C)CC[C@@H]2[C@](C)(O)CCl. The number of carbonyl (C=O) groups excluding carboxylic acids is 1. The zero-order valence-electron chi connectivity index (χ0n) is 17.4. The molecule has 5 atom stereocenters. The van der Waals surface area contributed by atoms with Crippen LogP contribution in [0.4, 0.5) is 0 Å². The molecular formula is C22H35ClO4. The van der Waals surface area contributed by atoms with Crippen LogP contribution in [0.15, 0.2) is 23.3 Å². The second-order valence-electron chi connectivity index (χ2n) is 8.77. The molecule has 2 aliphatic heterocycles. The molecule has 0 aliphatic carbocycles. The number of ether oxygens (including phenoxy) is 2. The lowest BCUT2D eigenvalue weighted by Gasteiger charge is -2.49. The molecule has 1 fully saturated rings. The first-order chi connectivity index (χ1) is 12.6. The molecule has 1 N–H and O–H groups in total. The summed E-state index contributed by atoms with van der Waals surface area (Å²) >= 11 is 6.06. The lowest BCUT2D eigenvalue weighted by molar-refractivity contribution is -0.213. The maximum absolute atomic E-state index is 11.7. The summed E-state index contributed by atoms with van der Waals surface area (Å²) in [4.78, 5) is 11.7. The van der Waals surface area contributed by atoms with Crippen LogP contribution in [0.1, 0.15) is 73.1 Å². The quantitative estimate of drug-likeness (QED) is 0.416. The number of fused-ring (bicyclic) bond motifs is 2. The van der Waals surface area contributed by atoms with Crippen molar-refractivity contribution < 1.29 is 19.4 Å². The highest BCUT2D eigenvalue weighted by Gasteiger charge is 2.49. The van der Waals surface area contributed by atoms with Gasteiger partial charge in [0.25, 0.3) is 0 Å². The van der Waals surface area contributed by atoms with Crippen molar-refractivity contribution in [1.29, 1.82) is 0 Å². The van der Waals surface area contributed by atoms with Gasteiger partial charge >= 0.3 is 5.97 Å². The average Bonchev–Trinajstić information content (AvgIpc) is 2.57. The van der Waals surface area contributed by atoms with E-state index in [0.717, 1.165) is 38.5 Å². The molecule has 0 amide bonds. The first-order valence-corrected chi connectivity index (χ1v) is 10.6. The predicted molar refractivity (Wildman–Crippen MR) is 109 cm³/mol. The molecule has 27 heavy (non-hydrogen) atoms. The molecule has 0 spiro atoms. The Morgan fingerprint density at radius 3 is 2.70 bits per heavy atom. The number of alkyl halides is 1. The number of hydrogen-bond donors (Lipinski definition) is 1. The van der Waals surface area contributed by atoms with Crippen LogP contribution in [0.25, 0.3) is 0 Å². The predicted octanol–water partition coefficient (Wildman–Crippen LogP) is 4.93. The Morgan fingerprint density at radius 1 is 1.37 bits per heavy atom. The molecule has 0 aromatic rings. The van der Waals surface area contributed by atoms with Crippen LogP contribution in [0.3, 0.4) is 0 Å². The first-order valence-electron chi connectivity index (χ1n) is 10.0. The fourth-order valence-electron chi connectivity index (χ4n) is 4.27. The van der Waals surface area contributed by atoms with E-state index in [0.29, 0.717) is 0 Å². The van der Waals surface area contributed by atoms with Gasteiger partial charge in [0.05, 0.1) is 17.6 Å². The van der Waals surface area contributed by atoms with Crippen molar-refractivity contribution in [2.75, 3.05) is 5.88 Å². The molecule has 2 rings (SSSR count). The Labute approximate surface area is 168 Å². The number of rotatable bonds is 3. The third kappa shape index (κ3) is 5.82. The second kappa shape index (κ2) is 9.11. The molecule has 0 unspecified atom stereocenters. The van der Waals surface area contributed by atoms with Crippen LogP contribution in [0.2, 0.25) is 0 Å². The van der Waals surface area contributed by atoms with Crippen molar-refractivity contribution in [2.24, 2.45) is 5.92 Å². The summed E-state index contributed by atoms with van der Waals surface area (Å²) in [5.74, 6) is -0.205. The Morgan fingerprint density at radius 2 is 2.07 bits per heavy atom. The normalized spacial score (nSPS) is 38.9. The van der Waals surface area contributed by atoms with Gasteiger partial charge in [-0.2, -0.15) is 0 Å². The van der Waals surface area contributed by atoms with E-state index in [9.17, 15) is 9.90 Å². The minimum Gasteiger partial charge on any atom is -0.459 e. The van der Waals surface area contributed by atoms with Crippen molar-refractivity contribution in [3.05, 3.63) is 23.3 Å². The zero-order chi connectivity index (χ0) is 20.2. The monoisotopic (exact) mass is 398 g/mol. The molecule has 1 saturated heterocycles. The van der Waals surface area contributed by atoms with Crippen LogP contribution in [-0.4, -0.2) is 40.4 Å². The van der Waals surface area contributed by atoms with E-state index in [2.05, 4.69) is 26.0 Å². The van der Waals surface area contributed by atoms with Gasteiger partial charge in [-0.15, -0.1) is 11.6 Å². The summed E-state index contributed by atoms with van der Waals surface area (Å²) in [6, 6.07) is 0. The summed E-state index contributed by atoms with van der Waals surface area (Å²) in [7, 11) is 0. The molecule has 0 saturated carbocycles. The number of carbonyl (C=O) groups is 1. The number of allylic oxidation sites excluding steroid dienone is 3. The summed E-state index contributed by atoms with van der Waals surface area (Å²) in [5, 5.41) is 10.8. The van der Waals surface area contributed by atoms with Crippen LogP contribution >= 0.6 is 11.6 Å². The highest BCUT2D eigenvalue weighted by atomic mass is 35.5. The molecular weight excluding hydrogens is 364 g/mol. The minimum absolute atomic E-state index is 0.0868. The second-order valence-corrected chi connectivity index (χ2v) is 9.04. The van der Waals surface area contributed by atoms with E-state index < -0.39 is 11.2 Å². The summed E-state index contributed by atoms with van der Waals surface area (Å²) < 4.78 is 12.3. The van der Waals surface area contributed by atoms with Crippen molar-refractivity contribution in [2.45, 2.75) is 96.6 Å². The fourth-order valence-corrected chi connectivity index (χ4v) is 4.47. The molecule has 4 nitrogen and oxygen atoms in total. The van der Waals surface area contributed by atoms with Crippen LogP contribution in [-0.2, 0) is 14.3 Å². The molecule has 2 aliphatic rings. The number of halogens is 1. The third-order valence-electron chi connectivity index (χ3n) is 6.09. The van der Waals surface area contributed by atoms with Gasteiger partial charge in [-0.1, -0.05) is 23.3 Å². The minimum atomic E-state index is -1.01. The summed E-state index contributed by atoms with van der Waals surface area (Å²) in [5.41, 5.74) is 0.980. The zero-order valence-corrected chi connectivity index (χ0v) is 18.1. The van der Waals surface area contributed by atoms with Crippen molar-refractivity contribution in [1.82, 2.24) is 0 Å². The van der Waals surface area contributed by atoms with Crippen molar-refractivity contribution in [3.8, 4) is 0 Å². The van der Waals surface area contributed by atoms with Gasteiger partial charge in [0.2, 0.25) is 0 Å². The fraction of sp³-hybridized carbons (Fsp3) is 0.773. The third-order valence-corrected chi connectivity index (χ3v) is 6.63. The maximum Gasteiger partial charge on any atom is 0.303 e. The van der Waals surface area contributed by atoms with Gasteiger partial charge < -0.3 is 14.6 Å². The molecule has 154 valence electrons. The molecule has 0 radical (unpaired) electrons. The van der Waals surface area contributed by atoms with Gasteiger partial charge in [-0.25, -0.2) is 0 Å². The molecule has 0 aromatic carbocycles. The lowest BCUT2D eigenvalue weighted by atomic mass is 9.74. The van der Waals surface area contributed by atoms with Crippen molar-refractivity contribution >= 4 is 17.6 Å². The standard InChI is InChI=1S/C22H35ClO4/c1-15-7-6-8-16(2)13-19-18(21(4,25)14-23)11-12-22(5,27-19)20(10-9-15)26-17(3)24/h7,13,18-20,25H,6,8-12,14H2,1-5H3/b15-7+,16-13+/t18-,19+,20-,21+,22+/m0/s1. The summed E-state index contributed by atoms with van der Waals surface area (Å²) in [6.07, 6.45) is 8.91. The number of esters is 1. The van der Waals surface area contributed by atoms with E-state index >= 15 is 0 Å².